The van der Waals surface area contributed by atoms with E-state index < -0.39 is 5.97 Å². The summed E-state index contributed by atoms with van der Waals surface area (Å²) in [4.78, 5) is 24.0. The molecule has 3 aromatic rings. The molecule has 1 heterocycles. The number of hydrogen-bond acceptors (Lipinski definition) is 4. The molecule has 0 unspecified atom stereocenters. The van der Waals surface area contributed by atoms with Gasteiger partial charge in [0, 0.05) is 10.9 Å². The molecular formula is C17H14N2O3. The summed E-state index contributed by atoms with van der Waals surface area (Å²) < 4.78 is 5.09. The highest BCUT2D eigenvalue weighted by molar-refractivity contribution is 6.02. The Hall–Kier alpha value is -2.95. The molecule has 0 spiro atoms. The fourth-order valence-corrected chi connectivity index (χ4v) is 2.40. The van der Waals surface area contributed by atoms with Gasteiger partial charge in [0.2, 0.25) is 0 Å². The molecule has 2 aromatic carbocycles. The third-order valence-corrected chi connectivity index (χ3v) is 3.37. The maximum absolute atomic E-state index is 12.1. The Morgan fingerprint density at radius 1 is 1.09 bits per heavy atom. The minimum atomic E-state index is -0.407. The van der Waals surface area contributed by atoms with E-state index in [1.54, 1.807) is 37.3 Å². The van der Waals surface area contributed by atoms with E-state index in [4.69, 9.17) is 4.74 Å². The lowest BCUT2D eigenvalue weighted by Gasteiger charge is -2.10. The maximum atomic E-state index is 12.1. The molecule has 0 aliphatic heterocycles. The smallest absolute Gasteiger partial charge is 0.338 e. The zero-order valence-electron chi connectivity index (χ0n) is 12.0. The molecule has 0 radical (unpaired) electrons. The molecule has 5 heteroatoms. The molecule has 0 saturated carbocycles. The van der Waals surface area contributed by atoms with Gasteiger partial charge in [-0.05, 0) is 19.1 Å². The van der Waals surface area contributed by atoms with Crippen molar-refractivity contribution in [1.29, 1.82) is 0 Å². The summed E-state index contributed by atoms with van der Waals surface area (Å²) in [6.07, 6.45) is 0. The van der Waals surface area contributed by atoms with E-state index in [0.29, 0.717) is 34.2 Å². The predicted molar refractivity (Wildman–Crippen MR) is 83.8 cm³/mol. The van der Waals surface area contributed by atoms with Crippen molar-refractivity contribution in [2.75, 3.05) is 6.61 Å². The van der Waals surface area contributed by atoms with Gasteiger partial charge in [-0.3, -0.25) is 4.79 Å². The van der Waals surface area contributed by atoms with Gasteiger partial charge in [-0.15, -0.1) is 0 Å². The van der Waals surface area contributed by atoms with Gasteiger partial charge in [-0.25, -0.2) is 9.89 Å². The van der Waals surface area contributed by atoms with Crippen molar-refractivity contribution >= 4 is 16.7 Å². The van der Waals surface area contributed by atoms with Crippen LogP contribution in [0.25, 0.3) is 22.0 Å². The topological polar surface area (TPSA) is 72.0 Å². The second kappa shape index (κ2) is 5.81. The summed E-state index contributed by atoms with van der Waals surface area (Å²) in [5.74, 6) is -0.407. The Morgan fingerprint density at radius 3 is 2.55 bits per heavy atom. The third-order valence-electron chi connectivity index (χ3n) is 3.37. The van der Waals surface area contributed by atoms with E-state index in [9.17, 15) is 9.59 Å². The van der Waals surface area contributed by atoms with Gasteiger partial charge in [0.15, 0.2) is 0 Å². The Bertz CT molecular complexity index is 900. The molecule has 0 aliphatic carbocycles. The Kier molecular flexibility index (Phi) is 3.70. The largest absolute Gasteiger partial charge is 0.462 e. The summed E-state index contributed by atoms with van der Waals surface area (Å²) in [7, 11) is 0. The lowest BCUT2D eigenvalue weighted by Crippen LogP contribution is -2.11. The molecule has 1 N–H and O–H groups in total. The number of carbonyl (C=O) groups is 1. The lowest BCUT2D eigenvalue weighted by atomic mass is 10.0. The second-order valence-corrected chi connectivity index (χ2v) is 4.71. The minimum Gasteiger partial charge on any atom is -0.462 e. The molecule has 0 fully saturated rings. The number of esters is 1. The van der Waals surface area contributed by atoms with Crippen molar-refractivity contribution in [2.24, 2.45) is 0 Å². The molecule has 0 aliphatic rings. The number of hydrogen-bond donors (Lipinski definition) is 1. The van der Waals surface area contributed by atoms with E-state index in [1.165, 1.54) is 0 Å². The zero-order valence-corrected chi connectivity index (χ0v) is 12.0. The van der Waals surface area contributed by atoms with Crippen LogP contribution in [0.4, 0.5) is 0 Å². The van der Waals surface area contributed by atoms with E-state index in [2.05, 4.69) is 10.2 Å². The molecule has 0 bridgehead atoms. The summed E-state index contributed by atoms with van der Waals surface area (Å²) in [6.45, 7) is 2.06. The van der Waals surface area contributed by atoms with Crippen LogP contribution < -0.4 is 5.56 Å². The number of nitrogens with zero attached hydrogens (tertiary/aromatic N) is 1. The number of rotatable bonds is 3. The van der Waals surface area contributed by atoms with Crippen LogP contribution in [0.5, 0.6) is 0 Å². The van der Waals surface area contributed by atoms with Gasteiger partial charge in [-0.2, -0.15) is 5.10 Å². The molecular weight excluding hydrogens is 280 g/mol. The van der Waals surface area contributed by atoms with Crippen molar-refractivity contribution in [3.63, 3.8) is 0 Å². The van der Waals surface area contributed by atoms with Crippen LogP contribution in [0.2, 0.25) is 0 Å². The second-order valence-electron chi connectivity index (χ2n) is 4.71. The van der Waals surface area contributed by atoms with Gasteiger partial charge in [0.25, 0.3) is 5.56 Å². The van der Waals surface area contributed by atoms with Gasteiger partial charge in [0.1, 0.15) is 0 Å². The summed E-state index contributed by atoms with van der Waals surface area (Å²) in [5, 5.41) is 7.85. The van der Waals surface area contributed by atoms with Crippen molar-refractivity contribution in [3.05, 3.63) is 64.4 Å². The number of aromatic nitrogens is 2. The first kappa shape index (κ1) is 14.0. The maximum Gasteiger partial charge on any atom is 0.338 e. The highest BCUT2D eigenvalue weighted by Crippen LogP contribution is 2.27. The van der Waals surface area contributed by atoms with Crippen LogP contribution in [0.1, 0.15) is 17.3 Å². The standard InChI is InChI=1S/C17H14N2O3/c1-2-22-17(21)14-10-6-4-8-12(14)15-11-7-3-5-9-13(11)16(20)19-18-15/h3-10H,2H2,1H3,(H,19,20). The fraction of sp³-hybridized carbons (Fsp3) is 0.118. The molecule has 0 saturated heterocycles. The first-order valence-corrected chi connectivity index (χ1v) is 6.96. The fourth-order valence-electron chi connectivity index (χ4n) is 2.40. The van der Waals surface area contributed by atoms with E-state index >= 15 is 0 Å². The number of H-pyrrole nitrogens is 1. The number of benzene rings is 2. The zero-order chi connectivity index (χ0) is 15.5. The van der Waals surface area contributed by atoms with Crippen LogP contribution in [0.3, 0.4) is 0 Å². The predicted octanol–water partition coefficient (Wildman–Crippen LogP) is 2.77. The molecule has 0 atom stereocenters. The molecule has 0 amide bonds. The van der Waals surface area contributed by atoms with Crippen molar-refractivity contribution in [1.82, 2.24) is 10.2 Å². The van der Waals surface area contributed by atoms with Crippen molar-refractivity contribution < 1.29 is 9.53 Å². The van der Waals surface area contributed by atoms with Crippen LogP contribution >= 0.6 is 0 Å². The quantitative estimate of drug-likeness (QED) is 0.754. The van der Waals surface area contributed by atoms with Crippen molar-refractivity contribution in [3.8, 4) is 11.3 Å². The van der Waals surface area contributed by atoms with Gasteiger partial charge in [-0.1, -0.05) is 36.4 Å². The average molecular weight is 294 g/mol. The number of nitrogens with one attached hydrogen (secondary N) is 1. The minimum absolute atomic E-state index is 0.257. The van der Waals surface area contributed by atoms with E-state index in [-0.39, 0.29) is 5.56 Å². The van der Waals surface area contributed by atoms with Crippen LogP contribution in [0.15, 0.2) is 53.3 Å². The van der Waals surface area contributed by atoms with Gasteiger partial charge < -0.3 is 4.74 Å². The number of fused-ring (bicyclic) bond motifs is 1. The monoisotopic (exact) mass is 294 g/mol. The van der Waals surface area contributed by atoms with Crippen LogP contribution in [-0.2, 0) is 4.74 Å². The summed E-state index contributed by atoms with van der Waals surface area (Å²) in [6, 6.07) is 14.2. The van der Waals surface area contributed by atoms with Crippen LogP contribution in [-0.4, -0.2) is 22.8 Å². The summed E-state index contributed by atoms with van der Waals surface area (Å²) >= 11 is 0. The lowest BCUT2D eigenvalue weighted by molar-refractivity contribution is 0.0527. The SMILES string of the molecule is CCOC(=O)c1ccccc1-c1n[nH]c(=O)c2ccccc12. The van der Waals surface area contributed by atoms with E-state index in [0.717, 1.165) is 0 Å². The van der Waals surface area contributed by atoms with Gasteiger partial charge >= 0.3 is 5.97 Å². The Morgan fingerprint density at radius 2 is 1.77 bits per heavy atom. The first-order chi connectivity index (χ1) is 10.7. The molecule has 3 rings (SSSR count). The number of aromatic amines is 1. The highest BCUT2D eigenvalue weighted by atomic mass is 16.5. The normalized spacial score (nSPS) is 10.6. The first-order valence-electron chi connectivity index (χ1n) is 6.96. The highest BCUT2D eigenvalue weighted by Gasteiger charge is 2.17. The summed E-state index contributed by atoms with van der Waals surface area (Å²) in [5.41, 5.74) is 1.36. The van der Waals surface area contributed by atoms with Gasteiger partial charge in [0.05, 0.1) is 23.3 Å². The molecule has 1 aromatic heterocycles. The number of carbonyl (C=O) groups excluding carboxylic acids is 1. The molecule has 5 nitrogen and oxygen atoms in total. The average Bonchev–Trinajstić information content (AvgIpc) is 2.56. The Balaban J connectivity index is 2.27. The van der Waals surface area contributed by atoms with Crippen molar-refractivity contribution in [2.45, 2.75) is 6.92 Å². The Labute approximate surface area is 126 Å². The molecule has 110 valence electrons. The van der Waals surface area contributed by atoms with E-state index in [1.807, 2.05) is 18.2 Å². The third kappa shape index (κ3) is 2.37. The number of ether oxygens (including phenoxy) is 1. The van der Waals surface area contributed by atoms with Crippen LogP contribution in [0, 0.1) is 0 Å². The molecule has 22 heavy (non-hydrogen) atoms.